The van der Waals surface area contributed by atoms with Gasteiger partial charge < -0.3 is 4.74 Å². The molecule has 0 aliphatic carbocycles. The average molecular weight is 327 g/mol. The molecule has 2 heterocycles. The van der Waals surface area contributed by atoms with E-state index in [0.717, 1.165) is 22.4 Å². The largest absolute Gasteiger partial charge is 0.461 e. The molecule has 0 N–H and O–H groups in total. The zero-order chi connectivity index (χ0) is 17.6. The van der Waals surface area contributed by atoms with E-state index in [1.54, 1.807) is 23.3 Å². The van der Waals surface area contributed by atoms with Gasteiger partial charge in [0.2, 0.25) is 5.95 Å². The number of fused-ring (bicyclic) bond motifs is 1. The van der Waals surface area contributed by atoms with E-state index < -0.39 is 5.97 Å². The quantitative estimate of drug-likeness (QED) is 0.813. The van der Waals surface area contributed by atoms with Crippen molar-refractivity contribution in [2.45, 2.75) is 41.2 Å². The Morgan fingerprint density at radius 3 is 2.42 bits per heavy atom. The highest BCUT2D eigenvalue weighted by atomic mass is 16.5. The molecule has 0 radical (unpaired) electrons. The molecule has 126 valence electrons. The summed E-state index contributed by atoms with van der Waals surface area (Å²) in [5.41, 5.74) is 4.92. The van der Waals surface area contributed by atoms with Crippen LogP contribution < -0.4 is 4.90 Å². The summed E-state index contributed by atoms with van der Waals surface area (Å²) in [4.78, 5) is 30.9. The number of benzene rings is 1. The van der Waals surface area contributed by atoms with Crippen molar-refractivity contribution in [1.82, 2.24) is 9.55 Å². The lowest BCUT2D eigenvalue weighted by Crippen LogP contribution is -2.24. The van der Waals surface area contributed by atoms with Crippen LogP contribution in [0.4, 0.5) is 11.6 Å². The van der Waals surface area contributed by atoms with Gasteiger partial charge in [-0.15, -0.1) is 0 Å². The van der Waals surface area contributed by atoms with Gasteiger partial charge in [-0.05, 0) is 45.7 Å². The Balaban J connectivity index is 2.15. The van der Waals surface area contributed by atoms with Crippen molar-refractivity contribution in [2.75, 3.05) is 11.5 Å². The molecule has 6 nitrogen and oxygen atoms in total. The normalized spacial score (nSPS) is 13.4. The average Bonchev–Trinajstić information content (AvgIpc) is 2.93. The highest BCUT2D eigenvalue weighted by Gasteiger charge is 2.37. The molecule has 0 saturated heterocycles. The summed E-state index contributed by atoms with van der Waals surface area (Å²) in [6, 6.07) is 4.08. The Morgan fingerprint density at radius 1 is 1.21 bits per heavy atom. The molecule has 1 aromatic carbocycles. The van der Waals surface area contributed by atoms with Crippen LogP contribution in [0.2, 0.25) is 0 Å². The molecule has 1 aromatic heterocycles. The second-order valence-electron chi connectivity index (χ2n) is 6.13. The minimum absolute atomic E-state index is 0.0943. The minimum atomic E-state index is -0.444. The van der Waals surface area contributed by atoms with Gasteiger partial charge in [0, 0.05) is 0 Å². The van der Waals surface area contributed by atoms with E-state index in [-0.39, 0.29) is 19.1 Å². The maximum atomic E-state index is 12.6. The Hall–Kier alpha value is -2.63. The number of hydrogen-bond donors (Lipinski definition) is 0. The smallest absolute Gasteiger partial charge is 0.356 e. The molecule has 0 unspecified atom stereocenters. The van der Waals surface area contributed by atoms with Crippen molar-refractivity contribution >= 4 is 23.5 Å². The third-order valence-corrected chi connectivity index (χ3v) is 4.19. The van der Waals surface area contributed by atoms with Crippen LogP contribution in [0.5, 0.6) is 0 Å². The molecule has 1 aliphatic rings. The predicted molar refractivity (Wildman–Crippen MR) is 90.7 cm³/mol. The second kappa shape index (κ2) is 5.78. The third kappa shape index (κ3) is 2.38. The van der Waals surface area contributed by atoms with E-state index in [1.807, 2.05) is 32.9 Å². The van der Waals surface area contributed by atoms with E-state index in [0.29, 0.717) is 17.3 Å². The fraction of sp³-hybridized carbons (Fsp3) is 0.389. The maximum Gasteiger partial charge on any atom is 0.356 e. The van der Waals surface area contributed by atoms with E-state index >= 15 is 0 Å². The molecule has 1 amide bonds. The van der Waals surface area contributed by atoms with Gasteiger partial charge in [0.25, 0.3) is 5.91 Å². The summed E-state index contributed by atoms with van der Waals surface area (Å²) >= 11 is 0. The summed E-state index contributed by atoms with van der Waals surface area (Å²) in [6.07, 6.45) is 0. The van der Waals surface area contributed by atoms with E-state index in [1.165, 1.54) is 0 Å². The van der Waals surface area contributed by atoms with Gasteiger partial charge in [-0.1, -0.05) is 17.7 Å². The highest BCUT2D eigenvalue weighted by Crippen LogP contribution is 2.37. The number of carbonyl (C=O) groups excluding carboxylic acids is 2. The Kier molecular flexibility index (Phi) is 3.91. The Labute approximate surface area is 141 Å². The van der Waals surface area contributed by atoms with Crippen molar-refractivity contribution in [3.8, 4) is 0 Å². The van der Waals surface area contributed by atoms with Crippen LogP contribution in [0.25, 0.3) is 0 Å². The topological polar surface area (TPSA) is 64.4 Å². The fourth-order valence-electron chi connectivity index (χ4n) is 3.40. The number of nitrogens with zero attached hydrogens (tertiary/aromatic N) is 3. The summed E-state index contributed by atoms with van der Waals surface area (Å²) in [5, 5.41) is 0. The molecule has 24 heavy (non-hydrogen) atoms. The molecule has 0 atom stereocenters. The SMILES string of the molecule is CCOC(=O)c1c(C)nc2n1CC(=O)N2c1c(C)cc(C)cc1C. The lowest BCUT2D eigenvalue weighted by atomic mass is 10.0. The van der Waals surface area contributed by atoms with Gasteiger partial charge in [0.05, 0.1) is 18.0 Å². The van der Waals surface area contributed by atoms with Gasteiger partial charge in [-0.2, -0.15) is 0 Å². The maximum absolute atomic E-state index is 12.6. The van der Waals surface area contributed by atoms with Crippen LogP contribution >= 0.6 is 0 Å². The van der Waals surface area contributed by atoms with Crippen molar-refractivity contribution < 1.29 is 14.3 Å². The van der Waals surface area contributed by atoms with Gasteiger partial charge in [0.1, 0.15) is 6.54 Å². The molecule has 0 fully saturated rings. The Morgan fingerprint density at radius 2 is 1.83 bits per heavy atom. The molecular weight excluding hydrogens is 306 g/mol. The van der Waals surface area contributed by atoms with Crippen LogP contribution in [0.3, 0.4) is 0 Å². The first kappa shape index (κ1) is 16.2. The minimum Gasteiger partial charge on any atom is -0.461 e. The first-order valence-corrected chi connectivity index (χ1v) is 8.00. The van der Waals surface area contributed by atoms with E-state index in [2.05, 4.69) is 4.98 Å². The van der Waals surface area contributed by atoms with Gasteiger partial charge in [-0.3, -0.25) is 9.36 Å². The first-order valence-electron chi connectivity index (χ1n) is 8.00. The van der Waals surface area contributed by atoms with Crippen LogP contribution in [-0.2, 0) is 16.1 Å². The number of aromatic nitrogens is 2. The summed E-state index contributed by atoms with van der Waals surface area (Å²) in [7, 11) is 0. The fourth-order valence-corrected chi connectivity index (χ4v) is 3.40. The monoisotopic (exact) mass is 327 g/mol. The second-order valence-corrected chi connectivity index (χ2v) is 6.13. The van der Waals surface area contributed by atoms with Gasteiger partial charge in [-0.25, -0.2) is 14.7 Å². The van der Waals surface area contributed by atoms with Crippen LogP contribution in [-0.4, -0.2) is 28.0 Å². The molecule has 0 spiro atoms. The van der Waals surface area contributed by atoms with Gasteiger partial charge >= 0.3 is 5.97 Å². The number of ether oxygens (including phenoxy) is 1. The van der Waals surface area contributed by atoms with Gasteiger partial charge in [0.15, 0.2) is 5.69 Å². The third-order valence-electron chi connectivity index (χ3n) is 4.19. The number of rotatable bonds is 3. The summed E-state index contributed by atoms with van der Waals surface area (Å²) < 4.78 is 6.75. The van der Waals surface area contributed by atoms with Crippen molar-refractivity contribution in [3.05, 3.63) is 40.2 Å². The molecule has 1 aliphatic heterocycles. The zero-order valence-electron chi connectivity index (χ0n) is 14.6. The van der Waals surface area contributed by atoms with E-state index in [9.17, 15) is 9.59 Å². The number of amides is 1. The van der Waals surface area contributed by atoms with Crippen LogP contribution in [0.15, 0.2) is 12.1 Å². The summed E-state index contributed by atoms with van der Waals surface area (Å²) in [5.74, 6) is -0.0607. The number of carbonyl (C=O) groups is 2. The Bertz CT molecular complexity index is 828. The molecule has 3 rings (SSSR count). The highest BCUT2D eigenvalue weighted by molar-refractivity contribution is 6.05. The summed E-state index contributed by atoms with van der Waals surface area (Å²) in [6.45, 7) is 9.88. The first-order chi connectivity index (χ1) is 11.3. The van der Waals surface area contributed by atoms with Crippen LogP contribution in [0, 0.1) is 27.7 Å². The van der Waals surface area contributed by atoms with Crippen molar-refractivity contribution in [2.24, 2.45) is 0 Å². The molecule has 0 saturated carbocycles. The number of aryl methyl sites for hydroxylation is 4. The number of hydrogen-bond acceptors (Lipinski definition) is 4. The van der Waals surface area contributed by atoms with Crippen LogP contribution in [0.1, 0.15) is 39.8 Å². The molecule has 0 bridgehead atoms. The van der Waals surface area contributed by atoms with E-state index in [4.69, 9.17) is 4.74 Å². The standard InChI is InChI=1S/C18H21N3O3/c1-6-24-17(23)16-13(5)19-18-20(16)9-14(22)21(18)15-11(3)7-10(2)8-12(15)4/h7-8H,6,9H2,1-5H3. The molecule has 2 aromatic rings. The lowest BCUT2D eigenvalue weighted by molar-refractivity contribution is -0.117. The molecule has 6 heteroatoms. The number of imidazole rings is 1. The lowest BCUT2D eigenvalue weighted by Gasteiger charge is -2.20. The van der Waals surface area contributed by atoms with Crippen molar-refractivity contribution in [3.63, 3.8) is 0 Å². The molecular formula is C18H21N3O3. The predicted octanol–water partition coefficient (Wildman–Crippen LogP) is 2.97. The number of esters is 1. The zero-order valence-corrected chi connectivity index (χ0v) is 14.6. The number of anilines is 2. The van der Waals surface area contributed by atoms with Crippen molar-refractivity contribution in [1.29, 1.82) is 0 Å².